The molecule has 2 aromatic heterocycles. The molecule has 5 rings (SSSR count). The van der Waals surface area contributed by atoms with E-state index in [1.807, 2.05) is 35.6 Å². The highest BCUT2D eigenvalue weighted by molar-refractivity contribution is 7.92. The third kappa shape index (κ3) is 3.61. The van der Waals surface area contributed by atoms with Crippen LogP contribution in [0.3, 0.4) is 0 Å². The summed E-state index contributed by atoms with van der Waals surface area (Å²) in [6.07, 6.45) is 0. The van der Waals surface area contributed by atoms with E-state index in [1.54, 1.807) is 36.4 Å². The smallest absolute Gasteiger partial charge is 0.266 e. The predicted octanol–water partition coefficient (Wildman–Crippen LogP) is 4.83. The van der Waals surface area contributed by atoms with Crippen molar-refractivity contribution in [3.63, 3.8) is 0 Å². The van der Waals surface area contributed by atoms with E-state index in [9.17, 15) is 8.42 Å². The molecule has 0 saturated heterocycles. The Hall–Kier alpha value is -3.69. The molecule has 32 heavy (non-hydrogen) atoms. The van der Waals surface area contributed by atoms with Gasteiger partial charge in [0, 0.05) is 5.69 Å². The zero-order chi connectivity index (χ0) is 22.3. The van der Waals surface area contributed by atoms with Gasteiger partial charge in [-0.25, -0.2) is 13.4 Å². The van der Waals surface area contributed by atoms with Crippen LogP contribution in [0.25, 0.3) is 16.7 Å². The number of fused-ring (bicyclic) bond motifs is 3. The van der Waals surface area contributed by atoms with Gasteiger partial charge in [-0.3, -0.25) is 9.12 Å². The number of hydrogen-bond donors (Lipinski definition) is 1. The number of ether oxygens (including phenoxy) is 1. The molecule has 0 amide bonds. The minimum Gasteiger partial charge on any atom is -0.436 e. The van der Waals surface area contributed by atoms with Crippen molar-refractivity contribution in [3.8, 4) is 11.6 Å². The number of aromatic nitrogens is 4. The van der Waals surface area contributed by atoms with Crippen LogP contribution in [-0.2, 0) is 10.0 Å². The van der Waals surface area contributed by atoms with Crippen molar-refractivity contribution in [1.82, 2.24) is 19.6 Å². The van der Waals surface area contributed by atoms with Crippen LogP contribution in [0.1, 0.15) is 5.82 Å². The van der Waals surface area contributed by atoms with Gasteiger partial charge in [0.15, 0.2) is 0 Å². The van der Waals surface area contributed by atoms with Gasteiger partial charge in [-0.05, 0) is 55.5 Å². The van der Waals surface area contributed by atoms with Crippen molar-refractivity contribution in [1.29, 1.82) is 0 Å². The molecule has 2 heterocycles. The Morgan fingerprint density at radius 3 is 2.44 bits per heavy atom. The average Bonchev–Trinajstić information content (AvgIpc) is 3.17. The molecule has 8 nitrogen and oxygen atoms in total. The van der Waals surface area contributed by atoms with E-state index in [2.05, 4.69) is 19.9 Å². The molecule has 0 atom stereocenters. The standard InChI is InChI=1S/C22H16ClN5O3S/c1-14-25-26-21-22(24-18-7-3-4-8-19(18)28(14)21)31-16-12-10-15(11-13-16)27-32(29,30)20-9-5-2-6-17(20)23/h2-13,27H,1H3. The van der Waals surface area contributed by atoms with Crippen molar-refractivity contribution < 1.29 is 13.2 Å². The van der Waals surface area contributed by atoms with Gasteiger partial charge >= 0.3 is 0 Å². The van der Waals surface area contributed by atoms with Gasteiger partial charge in [-0.2, -0.15) is 0 Å². The lowest BCUT2D eigenvalue weighted by Crippen LogP contribution is -2.13. The summed E-state index contributed by atoms with van der Waals surface area (Å²) in [5.74, 6) is 1.48. The summed E-state index contributed by atoms with van der Waals surface area (Å²) in [6.45, 7) is 1.86. The number of rotatable bonds is 5. The highest BCUT2D eigenvalue weighted by atomic mass is 35.5. The monoisotopic (exact) mass is 465 g/mol. The Balaban J connectivity index is 1.44. The van der Waals surface area contributed by atoms with E-state index in [0.29, 0.717) is 28.8 Å². The molecule has 3 aromatic carbocycles. The first kappa shape index (κ1) is 20.2. The van der Waals surface area contributed by atoms with Gasteiger partial charge < -0.3 is 4.74 Å². The number of para-hydroxylation sites is 2. The van der Waals surface area contributed by atoms with Crippen LogP contribution in [0.5, 0.6) is 11.6 Å². The quantitative estimate of drug-likeness (QED) is 0.399. The van der Waals surface area contributed by atoms with Crippen LogP contribution >= 0.6 is 11.6 Å². The first-order valence-electron chi connectivity index (χ1n) is 9.58. The van der Waals surface area contributed by atoms with Gasteiger partial charge in [-0.15, -0.1) is 10.2 Å². The molecule has 0 aliphatic rings. The fourth-order valence-corrected chi connectivity index (χ4v) is 4.92. The van der Waals surface area contributed by atoms with Crippen LogP contribution in [0.15, 0.2) is 77.7 Å². The summed E-state index contributed by atoms with van der Waals surface area (Å²) in [7, 11) is -3.82. The number of sulfonamides is 1. The maximum Gasteiger partial charge on any atom is 0.266 e. The number of nitrogens with one attached hydrogen (secondary N) is 1. The Kier molecular flexibility index (Phi) is 4.91. The average molecular weight is 466 g/mol. The Morgan fingerprint density at radius 2 is 1.66 bits per heavy atom. The molecule has 0 saturated carbocycles. The van der Waals surface area contributed by atoms with Crippen molar-refractivity contribution in [2.75, 3.05) is 4.72 Å². The van der Waals surface area contributed by atoms with Crippen LogP contribution in [0, 0.1) is 6.92 Å². The fourth-order valence-electron chi connectivity index (χ4n) is 3.34. The number of nitrogens with zero attached hydrogens (tertiary/aromatic N) is 4. The Bertz CT molecular complexity index is 1570. The molecule has 5 aromatic rings. The van der Waals surface area contributed by atoms with Crippen molar-refractivity contribution in [2.24, 2.45) is 0 Å². The summed E-state index contributed by atoms with van der Waals surface area (Å²) >= 11 is 6.02. The molecule has 1 N–H and O–H groups in total. The molecule has 0 spiro atoms. The normalized spacial score (nSPS) is 11.7. The highest BCUT2D eigenvalue weighted by Crippen LogP contribution is 2.29. The van der Waals surface area contributed by atoms with Gasteiger partial charge in [0.05, 0.1) is 16.1 Å². The number of halogens is 1. The molecule has 0 aliphatic carbocycles. The van der Waals surface area contributed by atoms with Gasteiger partial charge in [-0.1, -0.05) is 35.9 Å². The van der Waals surface area contributed by atoms with Crippen LogP contribution in [0.4, 0.5) is 5.69 Å². The van der Waals surface area contributed by atoms with Gasteiger partial charge in [0.1, 0.15) is 16.5 Å². The summed E-state index contributed by atoms with van der Waals surface area (Å²) < 4.78 is 35.6. The van der Waals surface area contributed by atoms with Crippen LogP contribution < -0.4 is 9.46 Å². The van der Waals surface area contributed by atoms with E-state index < -0.39 is 10.0 Å². The van der Waals surface area contributed by atoms with Gasteiger partial charge in [0.2, 0.25) is 5.65 Å². The van der Waals surface area contributed by atoms with Crippen LogP contribution in [0.2, 0.25) is 5.02 Å². The van der Waals surface area contributed by atoms with E-state index in [0.717, 1.165) is 11.0 Å². The van der Waals surface area contributed by atoms with E-state index in [-0.39, 0.29) is 9.92 Å². The van der Waals surface area contributed by atoms with Crippen molar-refractivity contribution in [2.45, 2.75) is 11.8 Å². The topological polar surface area (TPSA) is 98.5 Å². The van der Waals surface area contributed by atoms with Gasteiger partial charge in [0.25, 0.3) is 15.9 Å². The summed E-state index contributed by atoms with van der Waals surface area (Å²) in [4.78, 5) is 4.58. The molecule has 160 valence electrons. The summed E-state index contributed by atoms with van der Waals surface area (Å²) in [5.41, 5.74) is 2.47. The van der Waals surface area contributed by atoms with E-state index in [1.165, 1.54) is 12.1 Å². The summed E-state index contributed by atoms with van der Waals surface area (Å²) in [5, 5.41) is 8.49. The number of anilines is 1. The number of aryl methyl sites for hydroxylation is 1. The second kappa shape index (κ2) is 7.77. The van der Waals surface area contributed by atoms with E-state index in [4.69, 9.17) is 16.3 Å². The second-order valence-corrected chi connectivity index (χ2v) is 9.03. The molecule has 0 bridgehead atoms. The zero-order valence-electron chi connectivity index (χ0n) is 16.7. The fraction of sp³-hybridized carbons (Fsp3) is 0.0455. The lowest BCUT2D eigenvalue weighted by atomic mass is 10.3. The minimum atomic E-state index is -3.82. The lowest BCUT2D eigenvalue weighted by molar-refractivity contribution is 0.467. The van der Waals surface area contributed by atoms with Crippen LogP contribution in [-0.4, -0.2) is 28.0 Å². The Labute approximate surface area is 188 Å². The maximum absolute atomic E-state index is 12.6. The zero-order valence-corrected chi connectivity index (χ0v) is 18.3. The molecular formula is C22H16ClN5O3S. The minimum absolute atomic E-state index is 0.00641. The number of benzene rings is 3. The molecule has 10 heteroatoms. The number of hydrogen-bond acceptors (Lipinski definition) is 6. The molecule has 0 aliphatic heterocycles. The highest BCUT2D eigenvalue weighted by Gasteiger charge is 2.18. The van der Waals surface area contributed by atoms with E-state index >= 15 is 0 Å². The largest absolute Gasteiger partial charge is 0.436 e. The summed E-state index contributed by atoms with van der Waals surface area (Å²) in [6, 6.07) is 20.4. The first-order valence-corrected chi connectivity index (χ1v) is 11.4. The second-order valence-electron chi connectivity index (χ2n) is 6.97. The maximum atomic E-state index is 12.6. The van der Waals surface area contributed by atoms with Crippen molar-refractivity contribution >= 4 is 44.0 Å². The predicted molar refractivity (Wildman–Crippen MR) is 122 cm³/mol. The molecule has 0 fully saturated rings. The third-order valence-electron chi connectivity index (χ3n) is 4.81. The molecule has 0 radical (unpaired) electrons. The molecule has 0 unspecified atom stereocenters. The SMILES string of the molecule is Cc1nnc2c(Oc3ccc(NS(=O)(=O)c4ccccc4Cl)cc3)nc3ccccc3n12. The first-order chi connectivity index (χ1) is 15.4. The third-order valence-corrected chi connectivity index (χ3v) is 6.69. The Morgan fingerprint density at radius 1 is 0.938 bits per heavy atom. The van der Waals surface area contributed by atoms with Crippen molar-refractivity contribution in [3.05, 3.63) is 83.6 Å². The molecular weight excluding hydrogens is 450 g/mol. The lowest BCUT2D eigenvalue weighted by Gasteiger charge is -2.11.